The summed E-state index contributed by atoms with van der Waals surface area (Å²) < 4.78 is 1.72. The first-order valence-corrected chi connectivity index (χ1v) is 12.7. The van der Waals surface area contributed by atoms with Crippen LogP contribution in [0.4, 0.5) is 5.69 Å². The van der Waals surface area contributed by atoms with Gasteiger partial charge in [0.25, 0.3) is 5.56 Å². The standard InChI is InChI=1S/C23H23N3O2S3/c1-14(2)11-26-22(28)20-17(18-5-4-10-29-18)12-30-21(20)25-23(26)31-13-19(27)24-16-8-6-15(3)7-9-16/h4-10,12,14H,11,13H2,1-3H3,(H,24,27). The van der Waals surface area contributed by atoms with Crippen molar-refractivity contribution in [3.8, 4) is 10.4 Å². The van der Waals surface area contributed by atoms with E-state index in [1.54, 1.807) is 15.9 Å². The van der Waals surface area contributed by atoms with Crippen molar-refractivity contribution in [1.29, 1.82) is 0 Å². The maximum absolute atomic E-state index is 13.4. The Kier molecular flexibility index (Phi) is 6.60. The van der Waals surface area contributed by atoms with Crippen LogP contribution in [0.3, 0.4) is 0 Å². The fourth-order valence-corrected chi connectivity index (χ4v) is 5.83. The van der Waals surface area contributed by atoms with E-state index in [1.807, 2.05) is 54.1 Å². The molecule has 0 aliphatic rings. The topological polar surface area (TPSA) is 64.0 Å². The zero-order chi connectivity index (χ0) is 22.0. The number of aryl methyl sites for hydroxylation is 1. The van der Waals surface area contributed by atoms with Crippen molar-refractivity contribution in [2.45, 2.75) is 32.5 Å². The summed E-state index contributed by atoms with van der Waals surface area (Å²) in [4.78, 5) is 32.5. The summed E-state index contributed by atoms with van der Waals surface area (Å²) in [6, 6.07) is 11.7. The molecule has 0 saturated heterocycles. The second kappa shape index (κ2) is 9.38. The lowest BCUT2D eigenvalue weighted by Gasteiger charge is -2.14. The number of anilines is 1. The van der Waals surface area contributed by atoms with Crippen molar-refractivity contribution >= 4 is 56.2 Å². The highest BCUT2D eigenvalue weighted by Gasteiger charge is 2.19. The highest BCUT2D eigenvalue weighted by atomic mass is 32.2. The number of thiophene rings is 2. The maximum atomic E-state index is 13.4. The first-order chi connectivity index (χ1) is 14.9. The van der Waals surface area contributed by atoms with Crippen LogP contribution in [0, 0.1) is 12.8 Å². The smallest absolute Gasteiger partial charge is 0.263 e. The van der Waals surface area contributed by atoms with E-state index in [4.69, 9.17) is 4.98 Å². The van der Waals surface area contributed by atoms with E-state index in [9.17, 15) is 9.59 Å². The van der Waals surface area contributed by atoms with E-state index < -0.39 is 0 Å². The molecule has 3 aromatic heterocycles. The molecule has 0 aliphatic heterocycles. The minimum Gasteiger partial charge on any atom is -0.325 e. The van der Waals surface area contributed by atoms with Gasteiger partial charge in [-0.3, -0.25) is 14.2 Å². The number of nitrogens with one attached hydrogen (secondary N) is 1. The van der Waals surface area contributed by atoms with Crippen LogP contribution in [0.1, 0.15) is 19.4 Å². The number of aromatic nitrogens is 2. The van der Waals surface area contributed by atoms with E-state index >= 15 is 0 Å². The van der Waals surface area contributed by atoms with Crippen molar-refractivity contribution < 1.29 is 4.79 Å². The number of fused-ring (bicyclic) bond motifs is 1. The van der Waals surface area contributed by atoms with Crippen molar-refractivity contribution in [2.75, 3.05) is 11.1 Å². The molecule has 8 heteroatoms. The molecule has 0 fully saturated rings. The predicted molar refractivity (Wildman–Crippen MR) is 133 cm³/mol. The number of carbonyl (C=O) groups excluding carboxylic acids is 1. The third-order valence-electron chi connectivity index (χ3n) is 4.66. The summed E-state index contributed by atoms with van der Waals surface area (Å²) in [5, 5.41) is 8.17. The molecule has 160 valence electrons. The summed E-state index contributed by atoms with van der Waals surface area (Å²) in [5.41, 5.74) is 2.81. The quantitative estimate of drug-likeness (QED) is 0.271. The summed E-state index contributed by atoms with van der Waals surface area (Å²) in [6.07, 6.45) is 0. The molecule has 5 nitrogen and oxygen atoms in total. The highest BCUT2D eigenvalue weighted by Crippen LogP contribution is 2.34. The molecule has 0 radical (unpaired) electrons. The number of amides is 1. The molecular weight excluding hydrogens is 446 g/mol. The van der Waals surface area contributed by atoms with Crippen LogP contribution in [0.15, 0.2) is 57.1 Å². The van der Waals surface area contributed by atoms with E-state index in [-0.39, 0.29) is 23.1 Å². The van der Waals surface area contributed by atoms with Crippen LogP contribution in [-0.4, -0.2) is 21.2 Å². The Morgan fingerprint density at radius 2 is 1.97 bits per heavy atom. The fraction of sp³-hybridized carbons (Fsp3) is 0.261. The molecule has 0 unspecified atom stereocenters. The second-order valence-electron chi connectivity index (χ2n) is 7.71. The molecule has 4 aromatic rings. The van der Waals surface area contributed by atoms with E-state index in [0.29, 0.717) is 17.1 Å². The summed E-state index contributed by atoms with van der Waals surface area (Å²) in [6.45, 7) is 6.71. The zero-order valence-electron chi connectivity index (χ0n) is 17.5. The maximum Gasteiger partial charge on any atom is 0.263 e. The van der Waals surface area contributed by atoms with Crippen LogP contribution < -0.4 is 10.9 Å². The fourth-order valence-electron chi connectivity index (χ4n) is 3.22. The molecule has 0 atom stereocenters. The second-order valence-corrected chi connectivity index (χ2v) is 10.5. The normalized spacial score (nSPS) is 11.4. The van der Waals surface area contributed by atoms with Gasteiger partial charge in [-0.15, -0.1) is 22.7 Å². The summed E-state index contributed by atoms with van der Waals surface area (Å²) in [7, 11) is 0. The first kappa shape index (κ1) is 21.8. The van der Waals surface area contributed by atoms with Gasteiger partial charge in [-0.2, -0.15) is 0 Å². The largest absolute Gasteiger partial charge is 0.325 e. The summed E-state index contributed by atoms with van der Waals surface area (Å²) in [5.74, 6) is 0.346. The molecule has 1 N–H and O–H groups in total. The third-order valence-corrected chi connectivity index (χ3v) is 7.41. The molecule has 31 heavy (non-hydrogen) atoms. The number of thioether (sulfide) groups is 1. The van der Waals surface area contributed by atoms with Crippen LogP contribution in [-0.2, 0) is 11.3 Å². The molecule has 0 aliphatic carbocycles. The lowest BCUT2D eigenvalue weighted by Crippen LogP contribution is -2.26. The minimum absolute atomic E-state index is 0.0372. The molecule has 3 heterocycles. The molecule has 1 aromatic carbocycles. The average Bonchev–Trinajstić information content (AvgIpc) is 3.40. The monoisotopic (exact) mass is 469 g/mol. The number of hydrogen-bond acceptors (Lipinski definition) is 6. The van der Waals surface area contributed by atoms with E-state index in [2.05, 4.69) is 19.2 Å². The number of rotatable bonds is 7. The van der Waals surface area contributed by atoms with Gasteiger partial charge in [-0.05, 0) is 36.4 Å². The van der Waals surface area contributed by atoms with Gasteiger partial charge in [0.2, 0.25) is 5.91 Å². The molecule has 0 bridgehead atoms. The number of benzene rings is 1. The van der Waals surface area contributed by atoms with Crippen molar-refractivity contribution in [3.63, 3.8) is 0 Å². The van der Waals surface area contributed by atoms with Crippen LogP contribution in [0.5, 0.6) is 0 Å². The van der Waals surface area contributed by atoms with Crippen LogP contribution in [0.25, 0.3) is 20.7 Å². The van der Waals surface area contributed by atoms with Crippen LogP contribution in [0.2, 0.25) is 0 Å². The van der Waals surface area contributed by atoms with Crippen molar-refractivity contribution in [3.05, 3.63) is 63.1 Å². The van der Waals surface area contributed by atoms with E-state index in [0.717, 1.165) is 26.5 Å². The Morgan fingerprint density at radius 3 is 2.65 bits per heavy atom. The first-order valence-electron chi connectivity index (χ1n) is 9.97. The Morgan fingerprint density at radius 1 is 1.19 bits per heavy atom. The van der Waals surface area contributed by atoms with Gasteiger partial charge in [0, 0.05) is 28.1 Å². The van der Waals surface area contributed by atoms with Gasteiger partial charge >= 0.3 is 0 Å². The Hall–Kier alpha value is -2.42. The lowest BCUT2D eigenvalue weighted by molar-refractivity contribution is -0.113. The average molecular weight is 470 g/mol. The Bertz CT molecular complexity index is 1260. The van der Waals surface area contributed by atoms with Gasteiger partial charge < -0.3 is 5.32 Å². The molecule has 1 amide bonds. The van der Waals surface area contributed by atoms with E-state index in [1.165, 1.54) is 23.1 Å². The van der Waals surface area contributed by atoms with Gasteiger partial charge in [-0.1, -0.05) is 49.4 Å². The minimum atomic E-state index is -0.121. The molecular formula is C23H23N3O2S3. The lowest BCUT2D eigenvalue weighted by atomic mass is 10.2. The number of nitrogens with zero attached hydrogens (tertiary/aromatic N) is 2. The Labute approximate surface area is 193 Å². The van der Waals surface area contributed by atoms with Crippen LogP contribution >= 0.6 is 34.4 Å². The van der Waals surface area contributed by atoms with Gasteiger partial charge in [-0.25, -0.2) is 4.98 Å². The SMILES string of the molecule is Cc1ccc(NC(=O)CSc2nc3scc(-c4cccs4)c3c(=O)n2CC(C)C)cc1. The Balaban J connectivity index is 1.62. The highest BCUT2D eigenvalue weighted by molar-refractivity contribution is 7.99. The number of hydrogen-bond donors (Lipinski definition) is 1. The molecule has 0 spiro atoms. The van der Waals surface area contributed by atoms with Gasteiger partial charge in [0.1, 0.15) is 4.83 Å². The van der Waals surface area contributed by atoms with Crippen molar-refractivity contribution in [1.82, 2.24) is 9.55 Å². The number of carbonyl (C=O) groups is 1. The predicted octanol–water partition coefficient (Wildman–Crippen LogP) is 5.88. The summed E-state index contributed by atoms with van der Waals surface area (Å²) >= 11 is 4.40. The van der Waals surface area contributed by atoms with Gasteiger partial charge in [0.15, 0.2) is 5.16 Å². The van der Waals surface area contributed by atoms with Crippen molar-refractivity contribution in [2.24, 2.45) is 5.92 Å². The molecule has 4 rings (SSSR count). The van der Waals surface area contributed by atoms with Gasteiger partial charge in [0.05, 0.1) is 11.1 Å². The third kappa shape index (κ3) is 4.92. The molecule has 0 saturated carbocycles. The zero-order valence-corrected chi connectivity index (χ0v) is 20.0.